The molecular formula is C14H13N3O3. The van der Waals surface area contributed by atoms with Crippen LogP contribution in [0.15, 0.2) is 34.9 Å². The fourth-order valence-electron chi connectivity index (χ4n) is 1.48. The number of nitrogens with zero attached hydrogens (tertiary/aromatic N) is 2. The Bertz CT molecular complexity index is 626. The number of oxazole rings is 1. The highest BCUT2D eigenvalue weighted by molar-refractivity contribution is 5.77. The highest BCUT2D eigenvalue weighted by atomic mass is 16.5. The fourth-order valence-corrected chi connectivity index (χ4v) is 1.48. The van der Waals surface area contributed by atoms with Crippen molar-refractivity contribution in [2.75, 3.05) is 6.61 Å². The molecule has 0 saturated heterocycles. The van der Waals surface area contributed by atoms with Gasteiger partial charge in [-0.15, -0.1) is 0 Å². The summed E-state index contributed by atoms with van der Waals surface area (Å²) in [5.74, 6) is 1.41. The number of carbonyl (C=O) groups excluding carboxylic acids is 1. The molecule has 2 aromatic rings. The van der Waals surface area contributed by atoms with Gasteiger partial charge in [-0.05, 0) is 31.2 Å². The van der Waals surface area contributed by atoms with Crippen molar-refractivity contribution in [3.05, 3.63) is 47.7 Å². The van der Waals surface area contributed by atoms with E-state index < -0.39 is 0 Å². The number of nitrogens with one attached hydrogen (secondary N) is 1. The number of carbonyl (C=O) groups is 1. The summed E-state index contributed by atoms with van der Waals surface area (Å²) in [6, 6.07) is 8.55. The molecule has 0 spiro atoms. The summed E-state index contributed by atoms with van der Waals surface area (Å²) in [7, 11) is 0. The van der Waals surface area contributed by atoms with Gasteiger partial charge in [-0.25, -0.2) is 4.98 Å². The van der Waals surface area contributed by atoms with Gasteiger partial charge in [-0.2, -0.15) is 5.26 Å². The normalized spacial score (nSPS) is 9.80. The van der Waals surface area contributed by atoms with Crippen LogP contribution in [-0.2, 0) is 11.3 Å². The summed E-state index contributed by atoms with van der Waals surface area (Å²) < 4.78 is 10.5. The molecule has 1 heterocycles. The average Bonchev–Trinajstić information content (AvgIpc) is 2.89. The summed E-state index contributed by atoms with van der Waals surface area (Å²) in [6.07, 6.45) is 1.59. The summed E-state index contributed by atoms with van der Waals surface area (Å²) in [5.41, 5.74) is 0.543. The summed E-state index contributed by atoms with van der Waals surface area (Å²) >= 11 is 0. The van der Waals surface area contributed by atoms with Gasteiger partial charge in [0.05, 0.1) is 24.4 Å². The lowest BCUT2D eigenvalue weighted by atomic mass is 10.2. The van der Waals surface area contributed by atoms with E-state index in [9.17, 15) is 4.79 Å². The minimum atomic E-state index is -0.273. The SMILES string of the molecule is Cc1cnc(CNC(=O)COc2ccc(C#N)cc2)o1. The third-order valence-electron chi connectivity index (χ3n) is 2.46. The van der Waals surface area contributed by atoms with Crippen LogP contribution >= 0.6 is 0 Å². The predicted molar refractivity (Wildman–Crippen MR) is 69.7 cm³/mol. The molecular weight excluding hydrogens is 258 g/mol. The number of benzene rings is 1. The van der Waals surface area contributed by atoms with E-state index in [0.29, 0.717) is 23.0 Å². The molecule has 0 aliphatic rings. The third kappa shape index (κ3) is 3.85. The van der Waals surface area contributed by atoms with Crippen LogP contribution in [0.1, 0.15) is 17.2 Å². The van der Waals surface area contributed by atoms with E-state index in [0.717, 1.165) is 0 Å². The molecule has 1 aromatic heterocycles. The van der Waals surface area contributed by atoms with Crippen molar-refractivity contribution >= 4 is 5.91 Å². The van der Waals surface area contributed by atoms with Gasteiger partial charge >= 0.3 is 0 Å². The molecule has 0 aliphatic heterocycles. The van der Waals surface area contributed by atoms with Crippen LogP contribution < -0.4 is 10.1 Å². The molecule has 6 nitrogen and oxygen atoms in total. The van der Waals surface area contributed by atoms with Crippen molar-refractivity contribution in [2.24, 2.45) is 0 Å². The lowest BCUT2D eigenvalue weighted by molar-refractivity contribution is -0.123. The van der Waals surface area contributed by atoms with Gasteiger partial charge in [0.15, 0.2) is 6.61 Å². The van der Waals surface area contributed by atoms with E-state index in [2.05, 4.69) is 10.3 Å². The molecule has 0 aliphatic carbocycles. The van der Waals surface area contributed by atoms with E-state index in [1.807, 2.05) is 6.07 Å². The number of aryl methyl sites for hydroxylation is 1. The Morgan fingerprint density at radius 1 is 1.45 bits per heavy atom. The highest BCUT2D eigenvalue weighted by Gasteiger charge is 2.05. The largest absolute Gasteiger partial charge is 0.484 e. The van der Waals surface area contributed by atoms with Gasteiger partial charge in [-0.3, -0.25) is 4.79 Å². The van der Waals surface area contributed by atoms with Crippen molar-refractivity contribution < 1.29 is 13.9 Å². The molecule has 20 heavy (non-hydrogen) atoms. The fraction of sp³-hybridized carbons (Fsp3) is 0.214. The van der Waals surface area contributed by atoms with E-state index in [4.69, 9.17) is 14.4 Å². The first-order valence-electron chi connectivity index (χ1n) is 5.98. The van der Waals surface area contributed by atoms with Crippen LogP contribution in [0.2, 0.25) is 0 Å². The van der Waals surface area contributed by atoms with Gasteiger partial charge in [0.1, 0.15) is 11.5 Å². The molecule has 0 atom stereocenters. The van der Waals surface area contributed by atoms with Crippen molar-refractivity contribution in [2.45, 2.75) is 13.5 Å². The number of rotatable bonds is 5. The molecule has 0 radical (unpaired) electrons. The standard InChI is InChI=1S/C14H13N3O3/c1-10-7-17-14(20-10)8-16-13(18)9-19-12-4-2-11(6-15)3-5-12/h2-5,7H,8-9H2,1H3,(H,16,18). The summed E-state index contributed by atoms with van der Waals surface area (Å²) in [6.45, 7) is 1.90. The van der Waals surface area contributed by atoms with Crippen molar-refractivity contribution in [1.82, 2.24) is 10.3 Å². The van der Waals surface area contributed by atoms with Crippen LogP contribution in [0.3, 0.4) is 0 Å². The lowest BCUT2D eigenvalue weighted by Gasteiger charge is -2.06. The van der Waals surface area contributed by atoms with Crippen molar-refractivity contribution in [3.63, 3.8) is 0 Å². The molecule has 1 N–H and O–H groups in total. The van der Waals surface area contributed by atoms with Gasteiger partial charge in [0.25, 0.3) is 5.91 Å². The molecule has 6 heteroatoms. The van der Waals surface area contributed by atoms with Gasteiger partial charge in [0, 0.05) is 0 Å². The Morgan fingerprint density at radius 3 is 2.80 bits per heavy atom. The summed E-state index contributed by atoms with van der Waals surface area (Å²) in [5, 5.41) is 11.3. The van der Waals surface area contributed by atoms with Crippen LogP contribution in [0.4, 0.5) is 0 Å². The first-order valence-corrected chi connectivity index (χ1v) is 5.98. The number of aromatic nitrogens is 1. The number of nitriles is 1. The maximum atomic E-state index is 11.6. The number of amides is 1. The Hall–Kier alpha value is -2.81. The van der Waals surface area contributed by atoms with Crippen LogP contribution in [0, 0.1) is 18.3 Å². The maximum absolute atomic E-state index is 11.6. The Kier molecular flexibility index (Phi) is 4.35. The topological polar surface area (TPSA) is 88.1 Å². The van der Waals surface area contributed by atoms with Crippen molar-refractivity contribution in [3.8, 4) is 11.8 Å². The predicted octanol–water partition coefficient (Wildman–Crippen LogP) is 1.55. The first-order chi connectivity index (χ1) is 9.67. The van der Waals surface area contributed by atoms with Gasteiger partial charge < -0.3 is 14.5 Å². The van der Waals surface area contributed by atoms with Crippen LogP contribution in [0.25, 0.3) is 0 Å². The zero-order valence-electron chi connectivity index (χ0n) is 10.9. The monoisotopic (exact) mass is 271 g/mol. The molecule has 0 saturated carbocycles. The first kappa shape index (κ1) is 13.6. The Balaban J connectivity index is 1.75. The average molecular weight is 271 g/mol. The molecule has 1 aromatic carbocycles. The molecule has 0 bridgehead atoms. The minimum Gasteiger partial charge on any atom is -0.484 e. The van der Waals surface area contributed by atoms with Gasteiger partial charge in [0.2, 0.25) is 5.89 Å². The maximum Gasteiger partial charge on any atom is 0.258 e. The lowest BCUT2D eigenvalue weighted by Crippen LogP contribution is -2.28. The quantitative estimate of drug-likeness (QED) is 0.891. The summed E-state index contributed by atoms with van der Waals surface area (Å²) in [4.78, 5) is 15.5. The molecule has 0 unspecified atom stereocenters. The van der Waals surface area contributed by atoms with Crippen molar-refractivity contribution in [1.29, 1.82) is 5.26 Å². The second kappa shape index (κ2) is 6.38. The minimum absolute atomic E-state index is 0.106. The zero-order valence-corrected chi connectivity index (χ0v) is 10.9. The van der Waals surface area contributed by atoms with Gasteiger partial charge in [-0.1, -0.05) is 0 Å². The molecule has 2 rings (SSSR count). The van der Waals surface area contributed by atoms with Crippen LogP contribution in [0.5, 0.6) is 5.75 Å². The van der Waals surface area contributed by atoms with E-state index in [1.54, 1.807) is 37.4 Å². The number of ether oxygens (including phenoxy) is 1. The second-order valence-corrected chi connectivity index (χ2v) is 4.07. The molecule has 1 amide bonds. The Labute approximate surface area is 116 Å². The van der Waals surface area contributed by atoms with E-state index in [-0.39, 0.29) is 19.1 Å². The molecule has 0 fully saturated rings. The third-order valence-corrected chi connectivity index (χ3v) is 2.46. The number of hydrogen-bond donors (Lipinski definition) is 1. The second-order valence-electron chi connectivity index (χ2n) is 4.07. The smallest absolute Gasteiger partial charge is 0.258 e. The number of hydrogen-bond acceptors (Lipinski definition) is 5. The Morgan fingerprint density at radius 2 is 2.20 bits per heavy atom. The molecule has 102 valence electrons. The van der Waals surface area contributed by atoms with E-state index in [1.165, 1.54) is 0 Å². The van der Waals surface area contributed by atoms with E-state index >= 15 is 0 Å². The van der Waals surface area contributed by atoms with Crippen LogP contribution in [-0.4, -0.2) is 17.5 Å². The zero-order chi connectivity index (χ0) is 14.4. The highest BCUT2D eigenvalue weighted by Crippen LogP contribution is 2.11.